The Morgan fingerprint density at radius 3 is 2.88 bits per heavy atom. The molecule has 1 heterocycles. The van der Waals surface area contributed by atoms with Crippen molar-refractivity contribution in [2.45, 2.75) is 19.8 Å². The Bertz CT molecular complexity index is 211. The lowest BCUT2D eigenvalue weighted by Crippen LogP contribution is -2.46. The van der Waals surface area contributed by atoms with Gasteiger partial charge in [-0.1, -0.05) is 6.92 Å². The van der Waals surface area contributed by atoms with Crippen LogP contribution in [0.5, 0.6) is 0 Å². The lowest BCUT2D eigenvalue weighted by molar-refractivity contribution is 0.201. The molecule has 0 amide bonds. The maximum atomic E-state index is 5.01. The average Bonchev–Trinajstić information content (AvgIpc) is 2.24. The van der Waals surface area contributed by atoms with Gasteiger partial charge in [-0.3, -0.25) is 4.99 Å². The summed E-state index contributed by atoms with van der Waals surface area (Å²) in [6, 6.07) is 0. The number of ether oxygens (including phenoxy) is 1. The van der Waals surface area contributed by atoms with Crippen LogP contribution in [0.3, 0.4) is 0 Å². The van der Waals surface area contributed by atoms with E-state index >= 15 is 0 Å². The van der Waals surface area contributed by atoms with Gasteiger partial charge in [-0.25, -0.2) is 0 Å². The third-order valence-corrected chi connectivity index (χ3v) is 2.76. The van der Waals surface area contributed by atoms with Gasteiger partial charge < -0.3 is 15.0 Å². The predicted molar refractivity (Wildman–Crippen MR) is 78.6 cm³/mol. The fourth-order valence-electron chi connectivity index (χ4n) is 1.98. The number of guanidine groups is 1. The summed E-state index contributed by atoms with van der Waals surface area (Å²) in [7, 11) is 3.56. The third-order valence-electron chi connectivity index (χ3n) is 2.76. The van der Waals surface area contributed by atoms with Crippen molar-refractivity contribution in [3.05, 3.63) is 0 Å². The topological polar surface area (TPSA) is 36.9 Å². The van der Waals surface area contributed by atoms with Crippen LogP contribution in [0.4, 0.5) is 0 Å². The minimum Gasteiger partial charge on any atom is -0.383 e. The molecule has 1 N–H and O–H groups in total. The van der Waals surface area contributed by atoms with Gasteiger partial charge in [-0.15, -0.1) is 24.0 Å². The van der Waals surface area contributed by atoms with Crippen molar-refractivity contribution in [1.29, 1.82) is 0 Å². The number of hydrogen-bond acceptors (Lipinski definition) is 2. The summed E-state index contributed by atoms with van der Waals surface area (Å²) in [5, 5.41) is 3.31. The molecule has 0 aromatic rings. The van der Waals surface area contributed by atoms with Crippen LogP contribution in [-0.4, -0.2) is 51.3 Å². The SMILES string of the molecule is CN=C(NCCOC)N1CCCC(C)C1.I. The van der Waals surface area contributed by atoms with Gasteiger partial charge in [0.15, 0.2) is 5.96 Å². The van der Waals surface area contributed by atoms with E-state index in [1.54, 1.807) is 7.11 Å². The summed E-state index contributed by atoms with van der Waals surface area (Å²) in [5.74, 6) is 1.79. The van der Waals surface area contributed by atoms with E-state index in [-0.39, 0.29) is 24.0 Å². The molecule has 0 spiro atoms. The molecule has 0 saturated carbocycles. The predicted octanol–water partition coefficient (Wildman–Crippen LogP) is 1.56. The van der Waals surface area contributed by atoms with Gasteiger partial charge >= 0.3 is 0 Å². The molecule has 1 unspecified atom stereocenters. The number of halogens is 1. The number of methoxy groups -OCH3 is 1. The molecule has 1 aliphatic heterocycles. The monoisotopic (exact) mass is 341 g/mol. The Hall–Kier alpha value is -0.0400. The molecule has 16 heavy (non-hydrogen) atoms. The van der Waals surface area contributed by atoms with Gasteiger partial charge in [0.2, 0.25) is 0 Å². The van der Waals surface area contributed by atoms with E-state index in [4.69, 9.17) is 4.74 Å². The third kappa shape index (κ3) is 5.34. The van der Waals surface area contributed by atoms with Crippen molar-refractivity contribution in [2.75, 3.05) is 40.4 Å². The number of piperidine rings is 1. The van der Waals surface area contributed by atoms with Crippen molar-refractivity contribution in [2.24, 2.45) is 10.9 Å². The molecule has 1 fully saturated rings. The van der Waals surface area contributed by atoms with Gasteiger partial charge in [0, 0.05) is 33.8 Å². The highest BCUT2D eigenvalue weighted by atomic mass is 127. The van der Waals surface area contributed by atoms with Crippen molar-refractivity contribution in [3.63, 3.8) is 0 Å². The fraction of sp³-hybridized carbons (Fsp3) is 0.909. The van der Waals surface area contributed by atoms with Crippen molar-refractivity contribution >= 4 is 29.9 Å². The lowest BCUT2D eigenvalue weighted by atomic mass is 10.0. The summed E-state index contributed by atoms with van der Waals surface area (Å²) in [6.45, 7) is 6.09. The molecular weight excluding hydrogens is 317 g/mol. The number of rotatable bonds is 3. The molecule has 1 aliphatic rings. The first-order valence-electron chi connectivity index (χ1n) is 5.72. The van der Waals surface area contributed by atoms with Crippen molar-refractivity contribution < 1.29 is 4.74 Å². The maximum absolute atomic E-state index is 5.01. The molecule has 1 rings (SSSR count). The van der Waals surface area contributed by atoms with Crippen molar-refractivity contribution in [3.8, 4) is 0 Å². The number of aliphatic imine (C=N–C) groups is 1. The van der Waals surface area contributed by atoms with Crippen LogP contribution in [-0.2, 0) is 4.74 Å². The molecule has 5 heteroatoms. The van der Waals surface area contributed by atoms with Gasteiger partial charge in [0.1, 0.15) is 0 Å². The van der Waals surface area contributed by atoms with Crippen LogP contribution in [0.1, 0.15) is 19.8 Å². The molecule has 96 valence electrons. The van der Waals surface area contributed by atoms with Crippen LogP contribution in [0, 0.1) is 5.92 Å². The maximum Gasteiger partial charge on any atom is 0.193 e. The number of hydrogen-bond donors (Lipinski definition) is 1. The van der Waals surface area contributed by atoms with E-state index < -0.39 is 0 Å². The van der Waals surface area contributed by atoms with E-state index in [0.717, 1.165) is 38.1 Å². The Morgan fingerprint density at radius 2 is 2.31 bits per heavy atom. The zero-order chi connectivity index (χ0) is 11.1. The van der Waals surface area contributed by atoms with E-state index in [0.29, 0.717) is 0 Å². The molecule has 0 bridgehead atoms. The fourth-order valence-corrected chi connectivity index (χ4v) is 1.98. The first-order chi connectivity index (χ1) is 7.27. The standard InChI is InChI=1S/C11H23N3O.HI/c1-10-5-4-7-14(9-10)11(12-2)13-6-8-15-3;/h10H,4-9H2,1-3H3,(H,12,13);1H. The normalized spacial score (nSPS) is 21.6. The van der Waals surface area contributed by atoms with Crippen LogP contribution < -0.4 is 5.32 Å². The molecular formula is C11H24IN3O. The highest BCUT2D eigenvalue weighted by Crippen LogP contribution is 2.15. The number of nitrogens with one attached hydrogen (secondary N) is 1. The van der Waals surface area contributed by atoms with Crippen LogP contribution in [0.15, 0.2) is 4.99 Å². The highest BCUT2D eigenvalue weighted by Gasteiger charge is 2.18. The Labute approximate surface area is 116 Å². The smallest absolute Gasteiger partial charge is 0.193 e. The van der Waals surface area contributed by atoms with Gasteiger partial charge in [-0.2, -0.15) is 0 Å². The zero-order valence-corrected chi connectivity index (χ0v) is 12.9. The largest absolute Gasteiger partial charge is 0.383 e. The van der Waals surface area contributed by atoms with E-state index in [9.17, 15) is 0 Å². The highest BCUT2D eigenvalue weighted by molar-refractivity contribution is 14.0. The quantitative estimate of drug-likeness (QED) is 0.366. The first-order valence-corrected chi connectivity index (χ1v) is 5.72. The minimum absolute atomic E-state index is 0. The molecule has 0 aromatic carbocycles. The summed E-state index contributed by atoms with van der Waals surface area (Å²) in [4.78, 5) is 6.63. The minimum atomic E-state index is 0. The second kappa shape index (κ2) is 9.04. The van der Waals surface area contributed by atoms with E-state index in [1.807, 2.05) is 7.05 Å². The Morgan fingerprint density at radius 1 is 1.56 bits per heavy atom. The second-order valence-corrected chi connectivity index (χ2v) is 4.16. The number of nitrogens with zero attached hydrogens (tertiary/aromatic N) is 2. The summed E-state index contributed by atoms with van der Waals surface area (Å²) in [6.07, 6.45) is 2.61. The molecule has 1 saturated heterocycles. The molecule has 0 aliphatic carbocycles. The Kier molecular flexibility index (Phi) is 9.02. The number of likely N-dealkylation sites (tertiary alicyclic amines) is 1. The van der Waals surface area contributed by atoms with Crippen LogP contribution in [0.25, 0.3) is 0 Å². The summed E-state index contributed by atoms with van der Waals surface area (Å²) in [5.41, 5.74) is 0. The van der Waals surface area contributed by atoms with Gasteiger partial charge in [-0.05, 0) is 18.8 Å². The van der Waals surface area contributed by atoms with Crippen LogP contribution in [0.2, 0.25) is 0 Å². The molecule has 4 nitrogen and oxygen atoms in total. The van der Waals surface area contributed by atoms with E-state index in [2.05, 4.69) is 22.1 Å². The average molecular weight is 341 g/mol. The summed E-state index contributed by atoms with van der Waals surface area (Å²) >= 11 is 0. The molecule has 0 radical (unpaired) electrons. The van der Waals surface area contributed by atoms with Crippen molar-refractivity contribution in [1.82, 2.24) is 10.2 Å². The molecule has 1 atom stereocenters. The Balaban J connectivity index is 0.00000225. The first kappa shape index (κ1) is 16.0. The van der Waals surface area contributed by atoms with E-state index in [1.165, 1.54) is 12.8 Å². The van der Waals surface area contributed by atoms with Crippen LogP contribution >= 0.6 is 24.0 Å². The summed E-state index contributed by atoms with van der Waals surface area (Å²) < 4.78 is 5.01. The lowest BCUT2D eigenvalue weighted by Gasteiger charge is -2.33. The second-order valence-electron chi connectivity index (χ2n) is 4.16. The van der Waals surface area contributed by atoms with Gasteiger partial charge in [0.25, 0.3) is 0 Å². The van der Waals surface area contributed by atoms with Gasteiger partial charge in [0.05, 0.1) is 6.61 Å². The zero-order valence-electron chi connectivity index (χ0n) is 10.5. The molecule has 0 aromatic heterocycles.